The first-order valence-corrected chi connectivity index (χ1v) is 9.95. The van der Waals surface area contributed by atoms with Gasteiger partial charge in [-0.05, 0) is 32.2 Å². The van der Waals surface area contributed by atoms with Crippen molar-refractivity contribution < 1.29 is 19.0 Å². The first-order chi connectivity index (χ1) is 14.7. The minimum Gasteiger partial charge on any atom is -0.486 e. The van der Waals surface area contributed by atoms with Crippen LogP contribution in [0.5, 0.6) is 11.5 Å². The largest absolute Gasteiger partial charge is 0.486 e. The summed E-state index contributed by atoms with van der Waals surface area (Å²) in [6.45, 7) is 5.16. The summed E-state index contributed by atoms with van der Waals surface area (Å²) in [5.41, 5.74) is 2.01. The topological polar surface area (TPSA) is 83.6 Å². The highest BCUT2D eigenvalue weighted by Crippen LogP contribution is 2.32. The molecule has 0 amide bonds. The van der Waals surface area contributed by atoms with E-state index in [4.69, 9.17) is 14.2 Å². The van der Waals surface area contributed by atoms with Gasteiger partial charge in [-0.3, -0.25) is 9.58 Å². The molecule has 0 saturated heterocycles. The van der Waals surface area contributed by atoms with Crippen molar-refractivity contribution in [2.24, 2.45) is 0 Å². The smallest absolute Gasteiger partial charge is 0.341 e. The van der Waals surface area contributed by atoms with Crippen LogP contribution < -0.4 is 9.47 Å². The Bertz CT molecular complexity index is 999. The molecule has 4 rings (SSSR count). The van der Waals surface area contributed by atoms with Gasteiger partial charge in [0.25, 0.3) is 0 Å². The fourth-order valence-corrected chi connectivity index (χ4v) is 3.33. The fraction of sp³-hybridized carbons (Fsp3) is 0.381. The van der Waals surface area contributed by atoms with Gasteiger partial charge in [0.05, 0.1) is 30.7 Å². The van der Waals surface area contributed by atoms with Crippen LogP contribution >= 0.6 is 0 Å². The van der Waals surface area contributed by atoms with Crippen LogP contribution in [0.2, 0.25) is 0 Å². The zero-order valence-electron chi connectivity index (χ0n) is 17.2. The molecule has 0 aliphatic carbocycles. The van der Waals surface area contributed by atoms with Gasteiger partial charge in [-0.2, -0.15) is 10.2 Å². The highest BCUT2D eigenvalue weighted by atomic mass is 16.6. The lowest BCUT2D eigenvalue weighted by Gasteiger charge is -2.21. The van der Waals surface area contributed by atoms with Gasteiger partial charge in [0.1, 0.15) is 18.8 Å². The van der Waals surface area contributed by atoms with Gasteiger partial charge in [-0.15, -0.1) is 0 Å². The molecular formula is C21H25N5O4. The number of hydrogen-bond donors (Lipinski definition) is 0. The van der Waals surface area contributed by atoms with E-state index in [1.807, 2.05) is 42.2 Å². The summed E-state index contributed by atoms with van der Waals surface area (Å²) in [4.78, 5) is 14.6. The molecule has 1 aliphatic rings. The molecule has 1 aliphatic heterocycles. The van der Waals surface area contributed by atoms with Gasteiger partial charge in [-0.25, -0.2) is 9.48 Å². The van der Waals surface area contributed by atoms with Crippen molar-refractivity contribution in [3.8, 4) is 17.2 Å². The Kier molecular flexibility index (Phi) is 5.99. The van der Waals surface area contributed by atoms with Crippen molar-refractivity contribution in [1.29, 1.82) is 0 Å². The van der Waals surface area contributed by atoms with E-state index in [2.05, 4.69) is 15.1 Å². The second-order valence-electron chi connectivity index (χ2n) is 6.97. The van der Waals surface area contributed by atoms with Gasteiger partial charge in [0.15, 0.2) is 11.5 Å². The molecule has 0 spiro atoms. The molecule has 3 aromatic rings. The summed E-state index contributed by atoms with van der Waals surface area (Å²) < 4.78 is 20.2. The molecule has 9 nitrogen and oxygen atoms in total. The molecule has 0 atom stereocenters. The Balaban J connectivity index is 1.61. The Morgan fingerprint density at radius 1 is 1.23 bits per heavy atom. The van der Waals surface area contributed by atoms with Crippen molar-refractivity contribution in [2.75, 3.05) is 33.4 Å². The SMILES string of the molecule is CCOC(=O)c1cnn(-c2ccc3c(c2)OCCO3)c1CN(C)CCn1cccn1. The van der Waals surface area contributed by atoms with Crippen LogP contribution in [-0.4, -0.2) is 63.8 Å². The Morgan fingerprint density at radius 3 is 2.83 bits per heavy atom. The van der Waals surface area contributed by atoms with E-state index in [1.165, 1.54) is 0 Å². The van der Waals surface area contributed by atoms with Gasteiger partial charge in [0, 0.05) is 31.5 Å². The van der Waals surface area contributed by atoms with Crippen LogP contribution in [0.15, 0.2) is 42.9 Å². The van der Waals surface area contributed by atoms with E-state index in [1.54, 1.807) is 24.0 Å². The highest BCUT2D eigenvalue weighted by molar-refractivity contribution is 5.90. The maximum atomic E-state index is 12.5. The summed E-state index contributed by atoms with van der Waals surface area (Å²) in [5, 5.41) is 8.71. The predicted octanol–water partition coefficient (Wildman–Crippen LogP) is 2.15. The van der Waals surface area contributed by atoms with Crippen LogP contribution in [0.3, 0.4) is 0 Å². The summed E-state index contributed by atoms with van der Waals surface area (Å²) >= 11 is 0. The summed E-state index contributed by atoms with van der Waals surface area (Å²) in [6.07, 6.45) is 5.25. The number of fused-ring (bicyclic) bond motifs is 1. The third kappa shape index (κ3) is 4.30. The molecule has 0 unspecified atom stereocenters. The second-order valence-corrected chi connectivity index (χ2v) is 6.97. The van der Waals surface area contributed by atoms with Crippen molar-refractivity contribution in [3.63, 3.8) is 0 Å². The minimum atomic E-state index is -0.378. The van der Waals surface area contributed by atoms with E-state index in [9.17, 15) is 4.79 Å². The molecule has 0 N–H and O–H groups in total. The molecule has 2 aromatic heterocycles. The highest BCUT2D eigenvalue weighted by Gasteiger charge is 2.22. The number of ether oxygens (including phenoxy) is 3. The third-order valence-corrected chi connectivity index (χ3v) is 4.82. The first kappa shape index (κ1) is 20.0. The number of hydrogen-bond acceptors (Lipinski definition) is 7. The van der Waals surface area contributed by atoms with E-state index < -0.39 is 0 Å². The maximum absolute atomic E-state index is 12.5. The van der Waals surface area contributed by atoms with Crippen LogP contribution in [0, 0.1) is 0 Å². The third-order valence-electron chi connectivity index (χ3n) is 4.82. The van der Waals surface area contributed by atoms with Crippen LogP contribution in [-0.2, 0) is 17.8 Å². The number of esters is 1. The maximum Gasteiger partial charge on any atom is 0.341 e. The molecule has 9 heteroatoms. The number of likely N-dealkylation sites (N-methyl/N-ethyl adjacent to an activating group) is 1. The lowest BCUT2D eigenvalue weighted by atomic mass is 10.2. The average Bonchev–Trinajstić information content (AvgIpc) is 3.42. The molecule has 0 bridgehead atoms. The Hall–Kier alpha value is -3.33. The number of carbonyl (C=O) groups is 1. The standard InChI is InChI=1S/C21H25N5O4/c1-3-28-21(27)17-14-23-26(16-5-6-19-20(13-16)30-12-11-29-19)18(17)15-24(2)9-10-25-8-4-7-22-25/h4-8,13-14H,3,9-12,15H2,1-2H3. The quantitative estimate of drug-likeness (QED) is 0.525. The van der Waals surface area contributed by atoms with Crippen molar-refractivity contribution >= 4 is 5.97 Å². The van der Waals surface area contributed by atoms with Gasteiger partial charge >= 0.3 is 5.97 Å². The lowest BCUT2D eigenvalue weighted by molar-refractivity contribution is 0.0524. The van der Waals surface area contributed by atoms with E-state index in [-0.39, 0.29) is 5.97 Å². The monoisotopic (exact) mass is 411 g/mol. The molecule has 30 heavy (non-hydrogen) atoms. The first-order valence-electron chi connectivity index (χ1n) is 9.95. The molecule has 1 aromatic carbocycles. The van der Waals surface area contributed by atoms with E-state index in [0.717, 1.165) is 24.5 Å². The Labute approximate surface area is 174 Å². The summed E-state index contributed by atoms with van der Waals surface area (Å²) in [5.74, 6) is 1.00. The number of aromatic nitrogens is 4. The predicted molar refractivity (Wildman–Crippen MR) is 109 cm³/mol. The lowest BCUT2D eigenvalue weighted by Crippen LogP contribution is -2.25. The molecule has 0 saturated carbocycles. The molecule has 158 valence electrons. The van der Waals surface area contributed by atoms with Gasteiger partial charge < -0.3 is 14.2 Å². The van der Waals surface area contributed by atoms with Gasteiger partial charge in [0.2, 0.25) is 0 Å². The molecule has 0 fully saturated rings. The van der Waals surface area contributed by atoms with E-state index >= 15 is 0 Å². The normalized spacial score (nSPS) is 12.9. The minimum absolute atomic E-state index is 0.308. The fourth-order valence-electron chi connectivity index (χ4n) is 3.33. The van der Waals surface area contributed by atoms with Crippen molar-refractivity contribution in [1.82, 2.24) is 24.5 Å². The van der Waals surface area contributed by atoms with Crippen molar-refractivity contribution in [3.05, 3.63) is 54.1 Å². The van der Waals surface area contributed by atoms with Gasteiger partial charge in [-0.1, -0.05) is 0 Å². The molecule has 3 heterocycles. The molecule has 0 radical (unpaired) electrons. The number of benzene rings is 1. The zero-order valence-corrected chi connectivity index (χ0v) is 17.2. The van der Waals surface area contributed by atoms with E-state index in [0.29, 0.717) is 43.4 Å². The average molecular weight is 411 g/mol. The number of rotatable bonds is 8. The summed E-state index contributed by atoms with van der Waals surface area (Å²) in [6, 6.07) is 7.54. The zero-order chi connectivity index (χ0) is 20.9. The number of nitrogens with zero attached hydrogens (tertiary/aromatic N) is 5. The van der Waals surface area contributed by atoms with Crippen molar-refractivity contribution in [2.45, 2.75) is 20.0 Å². The van der Waals surface area contributed by atoms with Crippen LogP contribution in [0.4, 0.5) is 0 Å². The number of carbonyl (C=O) groups excluding carboxylic acids is 1. The van der Waals surface area contributed by atoms with Crippen LogP contribution in [0.1, 0.15) is 23.0 Å². The molecular weight excluding hydrogens is 386 g/mol. The summed E-state index contributed by atoms with van der Waals surface area (Å²) in [7, 11) is 2.00. The Morgan fingerprint density at radius 2 is 2.07 bits per heavy atom. The van der Waals surface area contributed by atoms with Crippen LogP contribution in [0.25, 0.3) is 5.69 Å². The second kappa shape index (κ2) is 9.00.